The standard InChI is InChI=1S/C17H32O7S.Na.H/c1-4-7-8-9-12-17(10-5-2,11-6-3)24-16(20)14(13-15(18)19)25(21,22)23;;/h14H,4-13H2,1-3H3,(H,18,19)(H,21,22,23);;/q;+1;-1. The zero-order valence-corrected chi connectivity index (χ0v) is 19.3. The third-order valence-corrected chi connectivity index (χ3v) is 5.27. The molecule has 150 valence electrons. The van der Waals surface area contributed by atoms with Crippen molar-refractivity contribution in [1.82, 2.24) is 0 Å². The number of rotatable bonds is 14. The van der Waals surface area contributed by atoms with Crippen molar-refractivity contribution in [3.05, 3.63) is 0 Å². The summed E-state index contributed by atoms with van der Waals surface area (Å²) >= 11 is 0. The largest absolute Gasteiger partial charge is 1.00 e. The van der Waals surface area contributed by atoms with Gasteiger partial charge in [-0.25, -0.2) is 0 Å². The molecule has 0 saturated heterocycles. The minimum atomic E-state index is -4.85. The number of carboxylic acid groups (broad SMARTS) is 1. The monoisotopic (exact) mass is 404 g/mol. The summed E-state index contributed by atoms with van der Waals surface area (Å²) in [7, 11) is -4.85. The Labute approximate surface area is 180 Å². The minimum Gasteiger partial charge on any atom is -1.00 e. The predicted octanol–water partition coefficient (Wildman–Crippen LogP) is 0.687. The normalized spacial score (nSPS) is 12.9. The molecule has 0 spiro atoms. The van der Waals surface area contributed by atoms with Crippen molar-refractivity contribution in [2.45, 2.75) is 95.8 Å². The molecule has 2 N–H and O–H groups in total. The molecule has 0 aliphatic carbocycles. The number of hydrogen-bond acceptors (Lipinski definition) is 5. The zero-order valence-electron chi connectivity index (χ0n) is 17.5. The van der Waals surface area contributed by atoms with Gasteiger partial charge < -0.3 is 11.3 Å². The average molecular weight is 405 g/mol. The summed E-state index contributed by atoms with van der Waals surface area (Å²) in [6.45, 7) is 5.98. The Morgan fingerprint density at radius 3 is 1.92 bits per heavy atom. The van der Waals surface area contributed by atoms with E-state index < -0.39 is 39.3 Å². The van der Waals surface area contributed by atoms with Gasteiger partial charge in [0, 0.05) is 0 Å². The van der Waals surface area contributed by atoms with Gasteiger partial charge in [0.15, 0.2) is 5.25 Å². The van der Waals surface area contributed by atoms with E-state index in [1.807, 2.05) is 13.8 Å². The average Bonchev–Trinajstić information content (AvgIpc) is 2.48. The number of ether oxygens (including phenoxy) is 1. The Bertz CT molecular complexity index is 519. The smallest absolute Gasteiger partial charge is 1.00 e. The van der Waals surface area contributed by atoms with Crippen molar-refractivity contribution in [3.8, 4) is 0 Å². The van der Waals surface area contributed by atoms with E-state index in [0.29, 0.717) is 19.3 Å². The second-order valence-corrected chi connectivity index (χ2v) is 8.12. The molecule has 0 aromatic rings. The fourth-order valence-corrected chi connectivity index (χ4v) is 3.71. The van der Waals surface area contributed by atoms with Crippen molar-refractivity contribution in [2.24, 2.45) is 0 Å². The number of carboxylic acids is 1. The summed E-state index contributed by atoms with van der Waals surface area (Å²) in [5.74, 6) is -2.67. The second kappa shape index (κ2) is 13.9. The van der Waals surface area contributed by atoms with E-state index in [2.05, 4.69) is 6.92 Å². The Hall–Kier alpha value is -0.150. The van der Waals surface area contributed by atoms with Crippen LogP contribution in [0.3, 0.4) is 0 Å². The first-order valence-electron chi connectivity index (χ1n) is 9.02. The summed E-state index contributed by atoms with van der Waals surface area (Å²) in [5.41, 5.74) is -0.810. The molecule has 0 aliphatic heterocycles. The second-order valence-electron chi connectivity index (χ2n) is 6.52. The predicted molar refractivity (Wildman–Crippen MR) is 96.1 cm³/mol. The van der Waals surface area contributed by atoms with Gasteiger partial charge >= 0.3 is 41.5 Å². The van der Waals surface area contributed by atoms with Crippen LogP contribution in [0.5, 0.6) is 0 Å². The van der Waals surface area contributed by atoms with Crippen molar-refractivity contribution in [3.63, 3.8) is 0 Å². The van der Waals surface area contributed by atoms with E-state index in [4.69, 9.17) is 9.84 Å². The molecule has 0 fully saturated rings. The molecule has 0 aromatic heterocycles. The third-order valence-electron chi connectivity index (χ3n) is 4.20. The first kappa shape index (κ1) is 28.1. The molecule has 1 atom stereocenters. The zero-order chi connectivity index (χ0) is 19.5. The van der Waals surface area contributed by atoms with Crippen molar-refractivity contribution in [1.29, 1.82) is 0 Å². The van der Waals surface area contributed by atoms with Gasteiger partial charge in [-0.05, 0) is 25.7 Å². The molecular formula is C17H33NaO7S. The minimum absolute atomic E-state index is 0. The van der Waals surface area contributed by atoms with Crippen LogP contribution in [0.15, 0.2) is 0 Å². The van der Waals surface area contributed by atoms with Crippen molar-refractivity contribution < 1.29 is 63.4 Å². The molecule has 0 aliphatic rings. The SMILES string of the molecule is CCCCCCC(CCC)(CCC)OC(=O)C(CC(=O)O)S(=O)(=O)O.[H-].[Na+]. The van der Waals surface area contributed by atoms with E-state index in [1.54, 1.807) is 0 Å². The number of carbonyl (C=O) groups excluding carboxylic acids is 1. The topological polar surface area (TPSA) is 118 Å². The van der Waals surface area contributed by atoms with Gasteiger partial charge in [-0.15, -0.1) is 0 Å². The molecule has 0 rings (SSSR count). The van der Waals surface area contributed by atoms with Gasteiger partial charge in [0.2, 0.25) is 0 Å². The molecule has 0 aromatic carbocycles. The Balaban J connectivity index is -0.00000288. The fraction of sp³-hybridized carbons (Fsp3) is 0.882. The van der Waals surface area contributed by atoms with E-state index in [-0.39, 0.29) is 31.0 Å². The first-order valence-corrected chi connectivity index (χ1v) is 10.5. The molecule has 9 heteroatoms. The Morgan fingerprint density at radius 1 is 1.00 bits per heavy atom. The van der Waals surface area contributed by atoms with Crippen LogP contribution in [0, 0.1) is 0 Å². The van der Waals surface area contributed by atoms with Gasteiger partial charge in [0.1, 0.15) is 5.60 Å². The number of hydrogen-bond donors (Lipinski definition) is 2. The molecule has 0 saturated carbocycles. The maximum absolute atomic E-state index is 12.4. The van der Waals surface area contributed by atoms with Gasteiger partial charge in [-0.3, -0.25) is 14.1 Å². The molecule has 0 radical (unpaired) electrons. The van der Waals surface area contributed by atoms with Crippen LogP contribution in [0.1, 0.15) is 86.4 Å². The van der Waals surface area contributed by atoms with Crippen LogP contribution in [0.25, 0.3) is 0 Å². The number of esters is 1. The summed E-state index contributed by atoms with van der Waals surface area (Å²) in [6.07, 6.45) is 6.19. The number of unbranched alkanes of at least 4 members (excludes halogenated alkanes) is 3. The molecule has 26 heavy (non-hydrogen) atoms. The van der Waals surface area contributed by atoms with Crippen LogP contribution in [0.2, 0.25) is 0 Å². The van der Waals surface area contributed by atoms with Gasteiger partial charge in [0.25, 0.3) is 10.1 Å². The maximum atomic E-state index is 12.4. The number of carbonyl (C=O) groups is 2. The van der Waals surface area contributed by atoms with E-state index >= 15 is 0 Å². The van der Waals surface area contributed by atoms with Crippen LogP contribution in [-0.4, -0.2) is 40.9 Å². The van der Waals surface area contributed by atoms with Crippen LogP contribution >= 0.6 is 0 Å². The molecule has 0 amide bonds. The summed E-state index contributed by atoms with van der Waals surface area (Å²) in [5, 5.41) is 6.73. The van der Waals surface area contributed by atoms with Crippen LogP contribution in [-0.2, 0) is 24.4 Å². The summed E-state index contributed by atoms with van der Waals surface area (Å²) in [4.78, 5) is 23.2. The van der Waals surface area contributed by atoms with Crippen LogP contribution < -0.4 is 29.6 Å². The summed E-state index contributed by atoms with van der Waals surface area (Å²) in [6, 6.07) is 0. The first-order chi connectivity index (χ1) is 11.6. The summed E-state index contributed by atoms with van der Waals surface area (Å²) < 4.78 is 37.6. The Kier molecular flexibility index (Phi) is 15.0. The molecule has 1 unspecified atom stereocenters. The fourth-order valence-electron chi connectivity index (χ4n) is 3.06. The number of aliphatic carboxylic acids is 1. The molecule has 7 nitrogen and oxygen atoms in total. The quantitative estimate of drug-likeness (QED) is 0.189. The third kappa shape index (κ3) is 10.9. The van der Waals surface area contributed by atoms with Gasteiger partial charge in [0.05, 0.1) is 6.42 Å². The van der Waals surface area contributed by atoms with Crippen LogP contribution in [0.4, 0.5) is 0 Å². The molecule has 0 bridgehead atoms. The van der Waals surface area contributed by atoms with Crippen molar-refractivity contribution in [2.75, 3.05) is 0 Å². The molecule has 0 heterocycles. The van der Waals surface area contributed by atoms with Gasteiger partial charge in [-0.2, -0.15) is 8.42 Å². The van der Waals surface area contributed by atoms with Gasteiger partial charge in [-0.1, -0.05) is 52.9 Å². The molecular weight excluding hydrogens is 371 g/mol. The Morgan fingerprint density at radius 2 is 1.54 bits per heavy atom. The van der Waals surface area contributed by atoms with Crippen molar-refractivity contribution >= 4 is 22.1 Å². The van der Waals surface area contributed by atoms with E-state index in [0.717, 1.165) is 38.5 Å². The maximum Gasteiger partial charge on any atom is 1.00 e. The van der Waals surface area contributed by atoms with E-state index in [9.17, 15) is 22.6 Å². The van der Waals surface area contributed by atoms with E-state index in [1.165, 1.54) is 0 Å².